The van der Waals surface area contributed by atoms with E-state index in [1.807, 2.05) is 36.4 Å². The summed E-state index contributed by atoms with van der Waals surface area (Å²) in [4.78, 5) is 0. The lowest BCUT2D eigenvalue weighted by Crippen LogP contribution is -2.24. The third-order valence-corrected chi connectivity index (χ3v) is 3.21. The molecule has 2 atom stereocenters. The molecule has 2 unspecified atom stereocenters. The monoisotopic (exact) mass is 271 g/mol. The molecule has 0 saturated heterocycles. The molecule has 0 radical (unpaired) electrons. The van der Waals surface area contributed by atoms with Gasteiger partial charge in [0.05, 0.1) is 6.10 Å². The molecule has 0 aliphatic heterocycles. The van der Waals surface area contributed by atoms with Gasteiger partial charge in [0, 0.05) is 6.04 Å². The maximum absolute atomic E-state index is 9.86. The highest BCUT2D eigenvalue weighted by Gasteiger charge is 2.11. The highest BCUT2D eigenvalue weighted by molar-refractivity contribution is 5.29. The van der Waals surface area contributed by atoms with Crippen LogP contribution in [0.5, 0.6) is 5.75 Å². The maximum Gasteiger partial charge on any atom is 0.119 e. The van der Waals surface area contributed by atoms with Gasteiger partial charge in [0.25, 0.3) is 0 Å². The molecule has 0 aliphatic rings. The predicted molar refractivity (Wildman–Crippen MR) is 80.6 cm³/mol. The van der Waals surface area contributed by atoms with E-state index in [4.69, 9.17) is 10.5 Å². The average Bonchev–Trinajstić information content (AvgIpc) is 2.45. The molecule has 2 aromatic carbocycles. The van der Waals surface area contributed by atoms with Crippen molar-refractivity contribution in [3.05, 3.63) is 65.2 Å². The van der Waals surface area contributed by atoms with E-state index in [1.54, 1.807) is 6.92 Å². The zero-order valence-corrected chi connectivity index (χ0v) is 11.9. The minimum absolute atomic E-state index is 0.283. The molecule has 3 nitrogen and oxygen atoms in total. The average molecular weight is 271 g/mol. The van der Waals surface area contributed by atoms with Gasteiger partial charge in [-0.25, -0.2) is 0 Å². The van der Waals surface area contributed by atoms with Crippen LogP contribution in [-0.4, -0.2) is 11.1 Å². The summed E-state index contributed by atoms with van der Waals surface area (Å²) in [6.07, 6.45) is -0.638. The molecule has 20 heavy (non-hydrogen) atoms. The van der Waals surface area contributed by atoms with E-state index in [-0.39, 0.29) is 6.04 Å². The first-order valence-electron chi connectivity index (χ1n) is 6.78. The molecule has 0 spiro atoms. The number of aryl methyl sites for hydroxylation is 1. The van der Waals surface area contributed by atoms with Crippen LogP contribution in [0, 0.1) is 6.92 Å². The minimum Gasteiger partial charge on any atom is -0.489 e. The minimum atomic E-state index is -0.638. The van der Waals surface area contributed by atoms with Crippen molar-refractivity contribution in [2.75, 3.05) is 0 Å². The van der Waals surface area contributed by atoms with Gasteiger partial charge in [-0.3, -0.25) is 0 Å². The molecule has 2 rings (SSSR count). The first-order valence-corrected chi connectivity index (χ1v) is 6.78. The van der Waals surface area contributed by atoms with Crippen molar-refractivity contribution in [3.8, 4) is 5.75 Å². The van der Waals surface area contributed by atoms with Gasteiger partial charge in [-0.1, -0.05) is 42.0 Å². The second-order valence-electron chi connectivity index (χ2n) is 5.15. The van der Waals surface area contributed by atoms with E-state index in [0.717, 1.165) is 16.9 Å². The Morgan fingerprint density at radius 3 is 2.45 bits per heavy atom. The van der Waals surface area contributed by atoms with Crippen LogP contribution >= 0.6 is 0 Å². The highest BCUT2D eigenvalue weighted by atomic mass is 16.5. The smallest absolute Gasteiger partial charge is 0.119 e. The molecular formula is C17H21NO2. The van der Waals surface area contributed by atoms with Gasteiger partial charge in [0.1, 0.15) is 12.4 Å². The van der Waals surface area contributed by atoms with Crippen LogP contribution in [0.25, 0.3) is 0 Å². The molecule has 106 valence electrons. The molecule has 0 saturated carbocycles. The molecule has 0 aromatic heterocycles. The Labute approximate surface area is 120 Å². The van der Waals surface area contributed by atoms with Gasteiger partial charge < -0.3 is 15.6 Å². The standard InChI is InChI=1S/C17H21NO2/c1-12-4-3-5-14(10-12)11-20-16-8-6-15(7-9-16)17(19)13(2)18/h3-10,13,17,19H,11,18H2,1-2H3. The summed E-state index contributed by atoms with van der Waals surface area (Å²) in [7, 11) is 0. The summed E-state index contributed by atoms with van der Waals surface area (Å²) in [5.74, 6) is 0.784. The van der Waals surface area contributed by atoms with Crippen molar-refractivity contribution in [2.45, 2.75) is 32.6 Å². The van der Waals surface area contributed by atoms with Gasteiger partial charge in [-0.05, 0) is 37.1 Å². The highest BCUT2D eigenvalue weighted by Crippen LogP contribution is 2.20. The third-order valence-electron chi connectivity index (χ3n) is 3.21. The molecule has 0 fully saturated rings. The number of nitrogens with two attached hydrogens (primary N) is 1. The molecular weight excluding hydrogens is 250 g/mol. The fourth-order valence-electron chi connectivity index (χ4n) is 2.03. The number of aliphatic hydroxyl groups is 1. The first-order chi connectivity index (χ1) is 9.56. The third kappa shape index (κ3) is 3.83. The van der Waals surface area contributed by atoms with Crippen LogP contribution in [0.4, 0.5) is 0 Å². The molecule has 3 heteroatoms. The molecule has 2 aromatic rings. The van der Waals surface area contributed by atoms with E-state index in [0.29, 0.717) is 6.61 Å². The number of hydrogen-bond acceptors (Lipinski definition) is 3. The largest absolute Gasteiger partial charge is 0.489 e. The van der Waals surface area contributed by atoms with Crippen LogP contribution in [-0.2, 0) is 6.61 Å². The summed E-state index contributed by atoms with van der Waals surface area (Å²) in [5, 5.41) is 9.86. The van der Waals surface area contributed by atoms with Crippen molar-refractivity contribution < 1.29 is 9.84 Å². The Morgan fingerprint density at radius 2 is 1.85 bits per heavy atom. The quantitative estimate of drug-likeness (QED) is 0.879. The lowest BCUT2D eigenvalue weighted by molar-refractivity contribution is 0.153. The van der Waals surface area contributed by atoms with E-state index in [9.17, 15) is 5.11 Å². The summed E-state index contributed by atoms with van der Waals surface area (Å²) in [5.41, 5.74) is 8.85. The SMILES string of the molecule is Cc1cccc(COc2ccc(C(O)C(C)N)cc2)c1. The summed E-state index contributed by atoms with van der Waals surface area (Å²) >= 11 is 0. The number of ether oxygens (including phenoxy) is 1. The Morgan fingerprint density at radius 1 is 1.15 bits per heavy atom. The van der Waals surface area contributed by atoms with Crippen molar-refractivity contribution >= 4 is 0 Å². The van der Waals surface area contributed by atoms with Crippen molar-refractivity contribution in [1.29, 1.82) is 0 Å². The predicted octanol–water partition coefficient (Wildman–Crippen LogP) is 2.95. The fourth-order valence-corrected chi connectivity index (χ4v) is 2.03. The van der Waals surface area contributed by atoms with E-state index >= 15 is 0 Å². The fraction of sp³-hybridized carbons (Fsp3) is 0.294. The number of benzene rings is 2. The molecule has 0 aliphatic carbocycles. The topological polar surface area (TPSA) is 55.5 Å². The molecule has 0 bridgehead atoms. The molecule has 3 N–H and O–H groups in total. The van der Waals surface area contributed by atoms with Gasteiger partial charge in [0.15, 0.2) is 0 Å². The Bertz CT molecular complexity index is 549. The zero-order chi connectivity index (χ0) is 14.5. The van der Waals surface area contributed by atoms with Gasteiger partial charge in [-0.2, -0.15) is 0 Å². The van der Waals surface area contributed by atoms with Crippen LogP contribution < -0.4 is 10.5 Å². The maximum atomic E-state index is 9.86. The second-order valence-corrected chi connectivity index (χ2v) is 5.15. The summed E-state index contributed by atoms with van der Waals surface area (Å²) in [6, 6.07) is 15.4. The van der Waals surface area contributed by atoms with Crippen LogP contribution in [0.15, 0.2) is 48.5 Å². The zero-order valence-electron chi connectivity index (χ0n) is 11.9. The van der Waals surface area contributed by atoms with E-state index in [1.165, 1.54) is 5.56 Å². The Kier molecular flexibility index (Phi) is 4.77. The lowest BCUT2D eigenvalue weighted by atomic mass is 10.0. The second kappa shape index (κ2) is 6.55. The summed E-state index contributed by atoms with van der Waals surface area (Å²) < 4.78 is 5.73. The number of aliphatic hydroxyl groups excluding tert-OH is 1. The normalized spacial score (nSPS) is 13.8. The first kappa shape index (κ1) is 14.6. The lowest BCUT2D eigenvalue weighted by Gasteiger charge is -2.15. The van der Waals surface area contributed by atoms with E-state index < -0.39 is 6.10 Å². The van der Waals surface area contributed by atoms with E-state index in [2.05, 4.69) is 19.1 Å². The number of hydrogen-bond donors (Lipinski definition) is 2. The summed E-state index contributed by atoms with van der Waals surface area (Å²) in [6.45, 7) is 4.39. The number of rotatable bonds is 5. The van der Waals surface area contributed by atoms with Gasteiger partial charge >= 0.3 is 0 Å². The van der Waals surface area contributed by atoms with Crippen molar-refractivity contribution in [2.24, 2.45) is 5.73 Å². The van der Waals surface area contributed by atoms with Crippen LogP contribution in [0.1, 0.15) is 29.7 Å². The van der Waals surface area contributed by atoms with Crippen molar-refractivity contribution in [1.82, 2.24) is 0 Å². The molecule has 0 heterocycles. The Hall–Kier alpha value is -1.84. The Balaban J connectivity index is 1.97. The van der Waals surface area contributed by atoms with Crippen LogP contribution in [0.3, 0.4) is 0 Å². The molecule has 0 amide bonds. The van der Waals surface area contributed by atoms with Crippen molar-refractivity contribution in [3.63, 3.8) is 0 Å². The van der Waals surface area contributed by atoms with Crippen LogP contribution in [0.2, 0.25) is 0 Å². The van der Waals surface area contributed by atoms with Gasteiger partial charge in [-0.15, -0.1) is 0 Å². The van der Waals surface area contributed by atoms with Gasteiger partial charge in [0.2, 0.25) is 0 Å².